The SMILES string of the molecule is COc1cc2c(Oc3ccc(NC(=O)C4(C(=O)Nc5ccc(F)cc5)CC4)cc3F)ccnc2cc1OCCCCCNC(=O)OC(C)(C)C. The molecule has 0 aliphatic heterocycles. The predicted octanol–water partition coefficient (Wildman–Crippen LogP) is 7.75. The maximum Gasteiger partial charge on any atom is 0.407 e. The number of benzene rings is 3. The molecule has 5 rings (SSSR count). The molecule has 13 heteroatoms. The lowest BCUT2D eigenvalue weighted by Crippen LogP contribution is -2.35. The molecular weight excluding hydrogens is 650 g/mol. The Bertz CT molecular complexity index is 1860. The third-order valence-electron chi connectivity index (χ3n) is 7.86. The van der Waals surface area contributed by atoms with Crippen LogP contribution in [0.5, 0.6) is 23.0 Å². The van der Waals surface area contributed by atoms with Gasteiger partial charge in [0.05, 0.1) is 19.2 Å². The van der Waals surface area contributed by atoms with E-state index in [4.69, 9.17) is 18.9 Å². The Hall–Kier alpha value is -5.46. The number of carbonyl (C=O) groups excluding carboxylic acids is 3. The third kappa shape index (κ3) is 9.16. The number of hydrogen-bond acceptors (Lipinski definition) is 8. The zero-order chi connectivity index (χ0) is 35.9. The number of rotatable bonds is 14. The minimum Gasteiger partial charge on any atom is -0.493 e. The predicted molar refractivity (Wildman–Crippen MR) is 184 cm³/mol. The number of nitrogens with zero attached hydrogens (tertiary/aromatic N) is 1. The number of ether oxygens (including phenoxy) is 4. The number of methoxy groups -OCH3 is 1. The molecule has 0 atom stereocenters. The van der Waals surface area contributed by atoms with Crippen LogP contribution in [0.3, 0.4) is 0 Å². The number of hydrogen-bond donors (Lipinski definition) is 3. The normalized spacial score (nSPS) is 13.2. The van der Waals surface area contributed by atoms with Gasteiger partial charge in [-0.3, -0.25) is 14.6 Å². The van der Waals surface area contributed by atoms with E-state index < -0.39 is 40.6 Å². The summed E-state index contributed by atoms with van der Waals surface area (Å²) in [6, 6.07) is 14.2. The van der Waals surface area contributed by atoms with Crippen molar-refractivity contribution in [1.29, 1.82) is 0 Å². The molecule has 0 radical (unpaired) electrons. The van der Waals surface area contributed by atoms with E-state index >= 15 is 4.39 Å². The Morgan fingerprint density at radius 3 is 2.18 bits per heavy atom. The number of carbonyl (C=O) groups is 3. The summed E-state index contributed by atoms with van der Waals surface area (Å²) in [5.41, 5.74) is -0.774. The van der Waals surface area contributed by atoms with Crippen LogP contribution in [0.25, 0.3) is 10.9 Å². The largest absolute Gasteiger partial charge is 0.493 e. The van der Waals surface area contributed by atoms with E-state index in [0.717, 1.165) is 25.3 Å². The summed E-state index contributed by atoms with van der Waals surface area (Å²) in [5, 5.41) is 8.57. The maximum absolute atomic E-state index is 15.3. The van der Waals surface area contributed by atoms with Gasteiger partial charge in [-0.25, -0.2) is 13.6 Å². The fraction of sp³-hybridized carbons (Fsp3) is 0.351. The van der Waals surface area contributed by atoms with E-state index in [9.17, 15) is 18.8 Å². The molecule has 3 aromatic carbocycles. The second-order valence-electron chi connectivity index (χ2n) is 12.9. The van der Waals surface area contributed by atoms with Crippen LogP contribution in [-0.4, -0.2) is 48.8 Å². The summed E-state index contributed by atoms with van der Waals surface area (Å²) in [5.74, 6) is -1.10. The molecule has 1 aliphatic carbocycles. The van der Waals surface area contributed by atoms with E-state index in [1.807, 2.05) is 20.8 Å². The van der Waals surface area contributed by atoms with Crippen molar-refractivity contribution in [2.45, 2.75) is 58.5 Å². The van der Waals surface area contributed by atoms with Gasteiger partial charge < -0.3 is 34.9 Å². The average Bonchev–Trinajstić information content (AvgIpc) is 3.88. The van der Waals surface area contributed by atoms with Crippen LogP contribution < -0.4 is 30.2 Å². The monoisotopic (exact) mass is 690 g/mol. The number of alkyl carbamates (subject to hydrolysis) is 1. The number of pyridine rings is 1. The molecule has 1 aliphatic rings. The van der Waals surface area contributed by atoms with E-state index in [1.165, 1.54) is 49.7 Å². The van der Waals surface area contributed by atoms with Gasteiger partial charge in [0, 0.05) is 41.6 Å². The van der Waals surface area contributed by atoms with Gasteiger partial charge in [-0.15, -0.1) is 0 Å². The number of aromatic nitrogens is 1. The number of nitrogens with one attached hydrogen (secondary N) is 3. The van der Waals surface area contributed by atoms with Crippen LogP contribution in [-0.2, 0) is 14.3 Å². The summed E-state index contributed by atoms with van der Waals surface area (Å²) in [7, 11) is 1.51. The highest BCUT2D eigenvalue weighted by molar-refractivity contribution is 6.16. The van der Waals surface area contributed by atoms with Crippen LogP contribution in [0.4, 0.5) is 25.0 Å². The zero-order valence-electron chi connectivity index (χ0n) is 28.4. The number of amides is 3. The first-order valence-corrected chi connectivity index (χ1v) is 16.3. The quantitative estimate of drug-likeness (QED) is 0.0903. The van der Waals surface area contributed by atoms with Gasteiger partial charge in [-0.05, 0) is 101 Å². The van der Waals surface area contributed by atoms with Crippen LogP contribution in [0, 0.1) is 17.0 Å². The molecule has 0 spiro atoms. The van der Waals surface area contributed by atoms with Crippen LogP contribution in [0.1, 0.15) is 52.9 Å². The first-order valence-electron chi connectivity index (χ1n) is 16.3. The molecule has 264 valence electrons. The average molecular weight is 691 g/mol. The van der Waals surface area contributed by atoms with E-state index in [0.29, 0.717) is 59.8 Å². The molecule has 50 heavy (non-hydrogen) atoms. The molecule has 0 bridgehead atoms. The Labute approximate surface area is 288 Å². The van der Waals surface area contributed by atoms with Crippen molar-refractivity contribution in [2.24, 2.45) is 5.41 Å². The van der Waals surface area contributed by atoms with Crippen molar-refractivity contribution >= 4 is 40.2 Å². The highest BCUT2D eigenvalue weighted by Gasteiger charge is 2.56. The lowest BCUT2D eigenvalue weighted by atomic mass is 10.0. The number of fused-ring (bicyclic) bond motifs is 1. The number of anilines is 2. The molecule has 4 aromatic rings. The Kier molecular flexibility index (Phi) is 11.0. The van der Waals surface area contributed by atoms with Gasteiger partial charge in [0.15, 0.2) is 23.1 Å². The molecule has 1 heterocycles. The fourth-order valence-electron chi connectivity index (χ4n) is 5.08. The second kappa shape index (κ2) is 15.4. The molecular formula is C37H40F2N4O7. The highest BCUT2D eigenvalue weighted by atomic mass is 19.1. The molecule has 0 saturated heterocycles. The summed E-state index contributed by atoms with van der Waals surface area (Å²) >= 11 is 0. The van der Waals surface area contributed by atoms with Crippen molar-refractivity contribution in [1.82, 2.24) is 10.3 Å². The van der Waals surface area contributed by atoms with E-state index in [2.05, 4.69) is 20.9 Å². The molecule has 1 aromatic heterocycles. The Morgan fingerprint density at radius 1 is 0.820 bits per heavy atom. The van der Waals surface area contributed by atoms with Crippen molar-refractivity contribution in [3.05, 3.63) is 78.5 Å². The van der Waals surface area contributed by atoms with Gasteiger partial charge in [-0.1, -0.05) is 0 Å². The molecule has 1 fully saturated rings. The number of unbranched alkanes of at least 4 members (excludes halogenated alkanes) is 2. The van der Waals surface area contributed by atoms with Gasteiger partial charge >= 0.3 is 6.09 Å². The Morgan fingerprint density at radius 2 is 1.52 bits per heavy atom. The Balaban J connectivity index is 1.17. The van der Waals surface area contributed by atoms with Crippen molar-refractivity contribution in [3.8, 4) is 23.0 Å². The van der Waals surface area contributed by atoms with Gasteiger partial charge in [0.25, 0.3) is 0 Å². The molecule has 3 N–H and O–H groups in total. The van der Waals surface area contributed by atoms with Crippen LogP contribution >= 0.6 is 0 Å². The summed E-state index contributed by atoms with van der Waals surface area (Å²) in [4.78, 5) is 42.1. The highest BCUT2D eigenvalue weighted by Crippen LogP contribution is 2.47. The fourth-order valence-corrected chi connectivity index (χ4v) is 5.08. The smallest absolute Gasteiger partial charge is 0.407 e. The second-order valence-corrected chi connectivity index (χ2v) is 12.9. The van der Waals surface area contributed by atoms with E-state index in [-0.39, 0.29) is 11.4 Å². The molecule has 11 nitrogen and oxygen atoms in total. The lowest BCUT2D eigenvalue weighted by molar-refractivity contribution is -0.131. The van der Waals surface area contributed by atoms with Crippen LogP contribution in [0.15, 0.2) is 66.9 Å². The van der Waals surface area contributed by atoms with Crippen molar-refractivity contribution < 1.29 is 42.1 Å². The standard InChI is InChI=1S/C37H40F2N4O7/c1-36(2,3)50-35(46)41-17-6-5-7-19-48-32-22-28-26(21-31(32)47-4)29(14-18-40-28)49-30-13-12-25(20-27(30)39)43-34(45)37(15-16-37)33(44)42-24-10-8-23(38)9-11-24/h8-14,18,20-22H,5-7,15-17,19H2,1-4H3,(H,41,46)(H,42,44)(H,43,45). The van der Waals surface area contributed by atoms with Crippen LogP contribution in [0.2, 0.25) is 0 Å². The first-order chi connectivity index (χ1) is 23.9. The van der Waals surface area contributed by atoms with Gasteiger partial charge in [0.2, 0.25) is 11.8 Å². The summed E-state index contributed by atoms with van der Waals surface area (Å²) in [6.07, 6.45) is 4.08. The third-order valence-corrected chi connectivity index (χ3v) is 7.86. The van der Waals surface area contributed by atoms with Gasteiger partial charge in [0.1, 0.15) is 22.6 Å². The first kappa shape index (κ1) is 35.8. The summed E-state index contributed by atoms with van der Waals surface area (Å²) < 4.78 is 51.2. The van der Waals surface area contributed by atoms with Gasteiger partial charge in [-0.2, -0.15) is 0 Å². The van der Waals surface area contributed by atoms with E-state index in [1.54, 1.807) is 18.2 Å². The maximum atomic E-state index is 15.3. The number of halogens is 2. The minimum absolute atomic E-state index is 0.0915. The molecule has 0 unspecified atom stereocenters. The van der Waals surface area contributed by atoms with Crippen molar-refractivity contribution in [3.63, 3.8) is 0 Å². The molecule has 1 saturated carbocycles. The zero-order valence-corrected chi connectivity index (χ0v) is 28.4. The summed E-state index contributed by atoms with van der Waals surface area (Å²) in [6.45, 7) is 6.35. The lowest BCUT2D eigenvalue weighted by Gasteiger charge is -2.19. The topological polar surface area (TPSA) is 137 Å². The van der Waals surface area contributed by atoms with Crippen molar-refractivity contribution in [2.75, 3.05) is 30.9 Å². The minimum atomic E-state index is -1.29. The molecule has 3 amide bonds.